The number of carbonyl (C=O) groups excluding carboxylic acids is 1. The van der Waals surface area contributed by atoms with Crippen LogP contribution in [0.4, 0.5) is 4.79 Å². The van der Waals surface area contributed by atoms with E-state index < -0.39 is 12.1 Å². The number of aliphatic hydroxyl groups excluding tert-OH is 1. The molecule has 15 heavy (non-hydrogen) atoms. The lowest BCUT2D eigenvalue weighted by Crippen LogP contribution is -2.47. The molecule has 5 nitrogen and oxygen atoms in total. The van der Waals surface area contributed by atoms with E-state index >= 15 is 0 Å². The van der Waals surface area contributed by atoms with Gasteiger partial charge in [0.1, 0.15) is 0 Å². The van der Waals surface area contributed by atoms with Crippen molar-refractivity contribution in [2.45, 2.75) is 45.4 Å². The monoisotopic (exact) mass is 219 g/mol. The Morgan fingerprint density at radius 3 is 2.33 bits per heavy atom. The summed E-state index contributed by atoms with van der Waals surface area (Å²) in [5.74, 6) is 0. The number of alkyl carbamates (subject to hydrolysis) is 1. The van der Waals surface area contributed by atoms with E-state index in [9.17, 15) is 4.79 Å². The van der Waals surface area contributed by atoms with Gasteiger partial charge in [-0.1, -0.05) is 0 Å². The number of amides is 1. The first-order valence-electron chi connectivity index (χ1n) is 4.93. The lowest BCUT2D eigenvalue weighted by Gasteiger charge is -2.30. The van der Waals surface area contributed by atoms with E-state index in [1.54, 1.807) is 6.92 Å². The smallest absolute Gasteiger partial charge is 0.407 e. The SMILES string of the molecule is COC(=O)N[C@H](CO)[C@H](C)OC(C)(C)C. The maximum atomic E-state index is 11.0. The number of aliphatic hydroxyl groups is 1. The second kappa shape index (κ2) is 5.92. The molecule has 1 amide bonds. The van der Waals surface area contributed by atoms with E-state index in [0.29, 0.717) is 0 Å². The van der Waals surface area contributed by atoms with Gasteiger partial charge in [-0.25, -0.2) is 4.79 Å². The van der Waals surface area contributed by atoms with Crippen molar-refractivity contribution in [3.8, 4) is 0 Å². The van der Waals surface area contributed by atoms with E-state index in [4.69, 9.17) is 9.84 Å². The van der Waals surface area contributed by atoms with Crippen LogP contribution in [0.5, 0.6) is 0 Å². The van der Waals surface area contributed by atoms with Crippen LogP contribution in [-0.2, 0) is 9.47 Å². The molecule has 0 aromatic rings. The van der Waals surface area contributed by atoms with Crippen LogP contribution in [0.1, 0.15) is 27.7 Å². The van der Waals surface area contributed by atoms with Gasteiger partial charge in [-0.3, -0.25) is 0 Å². The van der Waals surface area contributed by atoms with Gasteiger partial charge in [0.25, 0.3) is 0 Å². The predicted molar refractivity (Wildman–Crippen MR) is 56.7 cm³/mol. The average molecular weight is 219 g/mol. The van der Waals surface area contributed by atoms with E-state index in [0.717, 1.165) is 0 Å². The Morgan fingerprint density at radius 1 is 1.47 bits per heavy atom. The molecular formula is C10H21NO4. The van der Waals surface area contributed by atoms with Gasteiger partial charge >= 0.3 is 6.09 Å². The first-order valence-corrected chi connectivity index (χ1v) is 4.93. The second-order valence-electron chi connectivity index (χ2n) is 4.36. The van der Waals surface area contributed by atoms with Crippen LogP contribution in [0.15, 0.2) is 0 Å². The number of hydrogen-bond donors (Lipinski definition) is 2. The number of hydrogen-bond acceptors (Lipinski definition) is 4. The van der Waals surface area contributed by atoms with Crippen molar-refractivity contribution >= 4 is 6.09 Å². The summed E-state index contributed by atoms with van der Waals surface area (Å²) in [6.07, 6.45) is -0.854. The second-order valence-corrected chi connectivity index (χ2v) is 4.36. The van der Waals surface area contributed by atoms with Crippen molar-refractivity contribution in [2.75, 3.05) is 13.7 Å². The lowest BCUT2D eigenvalue weighted by molar-refractivity contribution is -0.0719. The van der Waals surface area contributed by atoms with Crippen LogP contribution in [-0.4, -0.2) is 42.7 Å². The summed E-state index contributed by atoms with van der Waals surface area (Å²) in [6.45, 7) is 7.34. The highest BCUT2D eigenvalue weighted by atomic mass is 16.5. The predicted octanol–water partition coefficient (Wildman–Crippen LogP) is 0.907. The number of methoxy groups -OCH3 is 1. The maximum absolute atomic E-state index is 11.0. The number of ether oxygens (including phenoxy) is 2. The molecule has 0 spiro atoms. The molecule has 0 aromatic carbocycles. The van der Waals surface area contributed by atoms with Crippen LogP contribution in [0.25, 0.3) is 0 Å². The number of carbonyl (C=O) groups is 1. The van der Waals surface area contributed by atoms with Crippen molar-refractivity contribution in [2.24, 2.45) is 0 Å². The minimum atomic E-state index is -0.571. The Kier molecular flexibility index (Phi) is 5.60. The summed E-state index contributed by atoms with van der Waals surface area (Å²) in [5.41, 5.74) is -0.315. The average Bonchev–Trinajstić information content (AvgIpc) is 2.10. The van der Waals surface area contributed by atoms with E-state index in [1.165, 1.54) is 7.11 Å². The van der Waals surface area contributed by atoms with Gasteiger partial charge in [0.15, 0.2) is 0 Å². The van der Waals surface area contributed by atoms with Gasteiger partial charge in [0.05, 0.1) is 31.5 Å². The molecule has 2 atom stereocenters. The quantitative estimate of drug-likeness (QED) is 0.737. The van der Waals surface area contributed by atoms with E-state index in [2.05, 4.69) is 10.1 Å². The molecule has 5 heteroatoms. The highest BCUT2D eigenvalue weighted by molar-refractivity contribution is 5.67. The summed E-state index contributed by atoms with van der Waals surface area (Å²) in [7, 11) is 1.28. The van der Waals surface area contributed by atoms with Gasteiger partial charge in [0, 0.05) is 0 Å². The summed E-state index contributed by atoms with van der Waals surface area (Å²) < 4.78 is 10.1. The molecule has 0 saturated carbocycles. The van der Waals surface area contributed by atoms with E-state index in [1.807, 2.05) is 20.8 Å². The fourth-order valence-electron chi connectivity index (χ4n) is 1.16. The number of rotatable bonds is 4. The summed E-state index contributed by atoms with van der Waals surface area (Å²) >= 11 is 0. The van der Waals surface area contributed by atoms with Crippen LogP contribution >= 0.6 is 0 Å². The summed E-state index contributed by atoms with van der Waals surface area (Å²) in [4.78, 5) is 11.0. The highest BCUT2D eigenvalue weighted by Crippen LogP contribution is 2.12. The van der Waals surface area contributed by atoms with Crippen molar-refractivity contribution in [1.29, 1.82) is 0 Å². The summed E-state index contributed by atoms with van der Waals surface area (Å²) in [5, 5.41) is 11.6. The Labute approximate surface area is 90.8 Å². The third-order valence-electron chi connectivity index (χ3n) is 1.79. The highest BCUT2D eigenvalue weighted by Gasteiger charge is 2.24. The van der Waals surface area contributed by atoms with Crippen molar-refractivity contribution in [1.82, 2.24) is 5.32 Å². The maximum Gasteiger partial charge on any atom is 0.407 e. The number of nitrogens with one attached hydrogen (secondary N) is 1. The van der Waals surface area contributed by atoms with E-state index in [-0.39, 0.29) is 18.3 Å². The standard InChI is InChI=1S/C10H21NO4/c1-7(15-10(2,3)4)8(6-12)11-9(13)14-5/h7-8,12H,6H2,1-5H3,(H,11,13)/t7-,8+/m0/s1. The van der Waals surface area contributed by atoms with Gasteiger partial charge < -0.3 is 19.9 Å². The third-order valence-corrected chi connectivity index (χ3v) is 1.79. The topological polar surface area (TPSA) is 67.8 Å². The zero-order valence-corrected chi connectivity index (χ0v) is 10.0. The molecule has 0 unspecified atom stereocenters. The molecule has 0 aliphatic rings. The molecule has 90 valence electrons. The first kappa shape index (κ1) is 14.2. The molecule has 0 rings (SSSR count). The minimum Gasteiger partial charge on any atom is -0.453 e. The summed E-state index contributed by atoms with van der Waals surface area (Å²) in [6, 6.07) is -0.461. The van der Waals surface area contributed by atoms with Crippen LogP contribution < -0.4 is 5.32 Å². The molecule has 0 fully saturated rings. The lowest BCUT2D eigenvalue weighted by atomic mass is 10.1. The normalized spacial score (nSPS) is 15.6. The van der Waals surface area contributed by atoms with Crippen molar-refractivity contribution < 1.29 is 19.4 Å². The zero-order chi connectivity index (χ0) is 12.1. The Hall–Kier alpha value is -0.810. The fraction of sp³-hybridized carbons (Fsp3) is 0.900. The largest absolute Gasteiger partial charge is 0.453 e. The molecule has 0 bridgehead atoms. The Morgan fingerprint density at radius 2 is 2.00 bits per heavy atom. The van der Waals surface area contributed by atoms with Crippen LogP contribution in [0.2, 0.25) is 0 Å². The van der Waals surface area contributed by atoms with Crippen molar-refractivity contribution in [3.05, 3.63) is 0 Å². The molecule has 0 saturated heterocycles. The first-order chi connectivity index (χ1) is 6.80. The fourth-order valence-corrected chi connectivity index (χ4v) is 1.16. The van der Waals surface area contributed by atoms with Gasteiger partial charge in [-0.15, -0.1) is 0 Å². The van der Waals surface area contributed by atoms with Crippen molar-refractivity contribution in [3.63, 3.8) is 0 Å². The van der Waals surface area contributed by atoms with Crippen LogP contribution in [0, 0.1) is 0 Å². The molecule has 0 heterocycles. The van der Waals surface area contributed by atoms with Crippen LogP contribution in [0.3, 0.4) is 0 Å². The van der Waals surface area contributed by atoms with Gasteiger partial charge in [-0.2, -0.15) is 0 Å². The van der Waals surface area contributed by atoms with Gasteiger partial charge in [-0.05, 0) is 27.7 Å². The molecule has 2 N–H and O–H groups in total. The Bertz CT molecular complexity index is 200. The third kappa shape index (κ3) is 6.30. The molecule has 0 aliphatic heterocycles. The van der Waals surface area contributed by atoms with Gasteiger partial charge in [0.2, 0.25) is 0 Å². The molecule has 0 radical (unpaired) electrons. The molecule has 0 aliphatic carbocycles. The Balaban J connectivity index is 4.22. The molecular weight excluding hydrogens is 198 g/mol. The zero-order valence-electron chi connectivity index (χ0n) is 10.0. The minimum absolute atomic E-state index is 0.188. The molecule has 0 aromatic heterocycles.